The third-order valence-electron chi connectivity index (χ3n) is 3.31. The lowest BCUT2D eigenvalue weighted by Gasteiger charge is -2.14. The molecule has 1 aliphatic carbocycles. The van der Waals surface area contributed by atoms with E-state index in [0.717, 1.165) is 18.2 Å². The van der Waals surface area contributed by atoms with Gasteiger partial charge in [0.1, 0.15) is 5.75 Å². The fourth-order valence-corrected chi connectivity index (χ4v) is 2.42. The fraction of sp³-hybridized carbons (Fsp3) is 0.571. The molecule has 2 atom stereocenters. The van der Waals surface area contributed by atoms with Gasteiger partial charge in [0.15, 0.2) is 0 Å². The van der Waals surface area contributed by atoms with Crippen molar-refractivity contribution in [3.05, 3.63) is 29.8 Å². The van der Waals surface area contributed by atoms with Crippen LogP contribution in [0.2, 0.25) is 0 Å². The Morgan fingerprint density at radius 2 is 2.00 bits per heavy atom. The van der Waals surface area contributed by atoms with E-state index in [1.54, 1.807) is 0 Å². The van der Waals surface area contributed by atoms with Crippen molar-refractivity contribution in [3.8, 4) is 5.75 Å². The minimum absolute atomic E-state index is 0.418. The van der Waals surface area contributed by atoms with Gasteiger partial charge in [-0.1, -0.05) is 17.7 Å². The van der Waals surface area contributed by atoms with E-state index >= 15 is 0 Å². The van der Waals surface area contributed by atoms with Crippen molar-refractivity contribution >= 4 is 0 Å². The molecule has 0 aliphatic heterocycles. The van der Waals surface area contributed by atoms with Gasteiger partial charge < -0.3 is 10.1 Å². The molecule has 0 radical (unpaired) electrons. The third-order valence-corrected chi connectivity index (χ3v) is 3.31. The summed E-state index contributed by atoms with van der Waals surface area (Å²) in [5.74, 6) is 1.81. The number of aryl methyl sites for hydroxylation is 1. The van der Waals surface area contributed by atoms with Gasteiger partial charge in [-0.2, -0.15) is 0 Å². The lowest BCUT2D eigenvalue weighted by atomic mass is 10.1. The SMILES string of the molecule is CNCC1CCC(Oc2ccc(C)cc2)C1. The van der Waals surface area contributed by atoms with E-state index in [4.69, 9.17) is 4.74 Å². The van der Waals surface area contributed by atoms with E-state index in [1.807, 2.05) is 7.05 Å². The van der Waals surface area contributed by atoms with Crippen molar-refractivity contribution in [1.29, 1.82) is 0 Å². The van der Waals surface area contributed by atoms with E-state index in [2.05, 4.69) is 36.5 Å². The minimum Gasteiger partial charge on any atom is -0.490 e. The monoisotopic (exact) mass is 219 g/mol. The predicted octanol–water partition coefficient (Wildman–Crippen LogP) is 2.76. The first-order valence-corrected chi connectivity index (χ1v) is 6.16. The molecule has 1 N–H and O–H groups in total. The van der Waals surface area contributed by atoms with Crippen molar-refractivity contribution in [3.63, 3.8) is 0 Å². The highest BCUT2D eigenvalue weighted by atomic mass is 16.5. The van der Waals surface area contributed by atoms with E-state index in [1.165, 1.54) is 24.8 Å². The summed E-state index contributed by atoms with van der Waals surface area (Å²) in [7, 11) is 2.02. The summed E-state index contributed by atoms with van der Waals surface area (Å²) in [6.07, 6.45) is 4.09. The number of benzene rings is 1. The molecule has 2 unspecified atom stereocenters. The van der Waals surface area contributed by atoms with Gasteiger partial charge in [0.2, 0.25) is 0 Å². The molecule has 88 valence electrons. The zero-order valence-electron chi connectivity index (χ0n) is 10.2. The lowest BCUT2D eigenvalue weighted by molar-refractivity contribution is 0.204. The van der Waals surface area contributed by atoms with E-state index in [0.29, 0.717) is 6.10 Å². The predicted molar refractivity (Wildman–Crippen MR) is 66.9 cm³/mol. The van der Waals surface area contributed by atoms with Gasteiger partial charge in [0, 0.05) is 0 Å². The number of rotatable bonds is 4. The van der Waals surface area contributed by atoms with Crippen molar-refractivity contribution in [2.45, 2.75) is 32.3 Å². The van der Waals surface area contributed by atoms with Crippen molar-refractivity contribution < 1.29 is 4.74 Å². The van der Waals surface area contributed by atoms with Crippen LogP contribution in [-0.2, 0) is 0 Å². The van der Waals surface area contributed by atoms with Crippen LogP contribution in [0.3, 0.4) is 0 Å². The summed E-state index contributed by atoms with van der Waals surface area (Å²) < 4.78 is 5.98. The first-order chi connectivity index (χ1) is 7.78. The summed E-state index contributed by atoms with van der Waals surface area (Å²) in [6, 6.07) is 8.35. The van der Waals surface area contributed by atoms with Crippen LogP contribution in [0.5, 0.6) is 5.75 Å². The molecule has 1 aromatic rings. The normalized spacial score (nSPS) is 24.6. The molecule has 0 spiro atoms. The van der Waals surface area contributed by atoms with Crippen molar-refractivity contribution in [1.82, 2.24) is 5.32 Å². The zero-order valence-corrected chi connectivity index (χ0v) is 10.2. The maximum absolute atomic E-state index is 5.98. The van der Waals surface area contributed by atoms with Gasteiger partial charge in [0.25, 0.3) is 0 Å². The second-order valence-electron chi connectivity index (χ2n) is 4.79. The molecule has 2 nitrogen and oxygen atoms in total. The smallest absolute Gasteiger partial charge is 0.119 e. The molecule has 16 heavy (non-hydrogen) atoms. The van der Waals surface area contributed by atoms with Crippen LogP contribution in [-0.4, -0.2) is 19.7 Å². The summed E-state index contributed by atoms with van der Waals surface area (Å²) in [6.45, 7) is 3.22. The molecule has 2 heteroatoms. The van der Waals surface area contributed by atoms with E-state index in [9.17, 15) is 0 Å². The summed E-state index contributed by atoms with van der Waals surface area (Å²) in [5.41, 5.74) is 1.28. The Labute approximate surface area is 98.0 Å². The Morgan fingerprint density at radius 1 is 1.25 bits per heavy atom. The standard InChI is InChI=1S/C14H21NO/c1-11-3-6-13(7-4-11)16-14-8-5-12(9-14)10-15-2/h3-4,6-7,12,14-15H,5,8-10H2,1-2H3. The first-order valence-electron chi connectivity index (χ1n) is 6.16. The quantitative estimate of drug-likeness (QED) is 0.840. The molecular weight excluding hydrogens is 198 g/mol. The maximum atomic E-state index is 5.98. The van der Waals surface area contributed by atoms with Crippen molar-refractivity contribution in [2.24, 2.45) is 5.92 Å². The molecule has 0 bridgehead atoms. The number of ether oxygens (including phenoxy) is 1. The number of hydrogen-bond donors (Lipinski definition) is 1. The van der Waals surface area contributed by atoms with Crippen LogP contribution < -0.4 is 10.1 Å². The maximum Gasteiger partial charge on any atom is 0.119 e. The molecule has 1 fully saturated rings. The second kappa shape index (κ2) is 5.35. The Hall–Kier alpha value is -1.02. The Balaban J connectivity index is 1.84. The summed E-state index contributed by atoms with van der Waals surface area (Å²) >= 11 is 0. The summed E-state index contributed by atoms with van der Waals surface area (Å²) in [4.78, 5) is 0. The highest BCUT2D eigenvalue weighted by Gasteiger charge is 2.25. The number of hydrogen-bond acceptors (Lipinski definition) is 2. The van der Waals surface area contributed by atoms with Crippen LogP contribution in [0.15, 0.2) is 24.3 Å². The van der Waals surface area contributed by atoms with Crippen LogP contribution in [0.1, 0.15) is 24.8 Å². The lowest BCUT2D eigenvalue weighted by Crippen LogP contribution is -2.18. The third kappa shape index (κ3) is 2.99. The van der Waals surface area contributed by atoms with Crippen LogP contribution in [0.4, 0.5) is 0 Å². The van der Waals surface area contributed by atoms with Gasteiger partial charge in [-0.05, 0) is 57.8 Å². The van der Waals surface area contributed by atoms with Gasteiger partial charge in [-0.25, -0.2) is 0 Å². The van der Waals surface area contributed by atoms with Crippen LogP contribution in [0.25, 0.3) is 0 Å². The molecule has 0 amide bonds. The largest absolute Gasteiger partial charge is 0.490 e. The topological polar surface area (TPSA) is 21.3 Å². The first kappa shape index (κ1) is 11.5. The van der Waals surface area contributed by atoms with Gasteiger partial charge in [-0.15, -0.1) is 0 Å². The van der Waals surface area contributed by atoms with Crippen LogP contribution >= 0.6 is 0 Å². The number of nitrogens with one attached hydrogen (secondary N) is 1. The van der Waals surface area contributed by atoms with Crippen molar-refractivity contribution in [2.75, 3.05) is 13.6 Å². The average molecular weight is 219 g/mol. The molecule has 0 heterocycles. The molecule has 1 aromatic carbocycles. The van der Waals surface area contributed by atoms with Gasteiger partial charge >= 0.3 is 0 Å². The molecule has 2 rings (SSSR count). The average Bonchev–Trinajstić information content (AvgIpc) is 2.70. The fourth-order valence-electron chi connectivity index (χ4n) is 2.42. The van der Waals surface area contributed by atoms with E-state index < -0.39 is 0 Å². The van der Waals surface area contributed by atoms with E-state index in [-0.39, 0.29) is 0 Å². The Morgan fingerprint density at radius 3 is 2.69 bits per heavy atom. The highest BCUT2D eigenvalue weighted by molar-refractivity contribution is 5.26. The summed E-state index contributed by atoms with van der Waals surface area (Å²) in [5, 5.41) is 3.25. The zero-order chi connectivity index (χ0) is 11.4. The second-order valence-corrected chi connectivity index (χ2v) is 4.79. The minimum atomic E-state index is 0.418. The molecule has 0 aromatic heterocycles. The molecule has 0 saturated heterocycles. The molecule has 1 saturated carbocycles. The van der Waals surface area contributed by atoms with Crippen LogP contribution in [0, 0.1) is 12.8 Å². The molecular formula is C14H21NO. The van der Waals surface area contributed by atoms with Gasteiger partial charge in [0.05, 0.1) is 6.10 Å². The Kier molecular flexibility index (Phi) is 3.83. The Bertz CT molecular complexity index is 320. The highest BCUT2D eigenvalue weighted by Crippen LogP contribution is 2.28. The van der Waals surface area contributed by atoms with Gasteiger partial charge in [-0.3, -0.25) is 0 Å². The molecule has 1 aliphatic rings.